The van der Waals surface area contributed by atoms with Gasteiger partial charge >= 0.3 is 5.69 Å². The minimum Gasteiger partial charge on any atom is -0.383 e. The van der Waals surface area contributed by atoms with E-state index in [0.29, 0.717) is 35.5 Å². The van der Waals surface area contributed by atoms with E-state index in [4.69, 9.17) is 9.47 Å². The molecule has 1 aliphatic rings. The van der Waals surface area contributed by atoms with Gasteiger partial charge in [0.1, 0.15) is 6.23 Å². The van der Waals surface area contributed by atoms with Crippen LogP contribution in [0.15, 0.2) is 21.9 Å². The average molecular weight is 407 g/mol. The van der Waals surface area contributed by atoms with Crippen LogP contribution in [0.5, 0.6) is 0 Å². The smallest absolute Gasteiger partial charge is 0.333 e. The van der Waals surface area contributed by atoms with Gasteiger partial charge in [0.25, 0.3) is 5.56 Å². The maximum absolute atomic E-state index is 14.2. The van der Waals surface area contributed by atoms with Crippen LogP contribution in [-0.4, -0.2) is 39.8 Å². The summed E-state index contributed by atoms with van der Waals surface area (Å²) >= 11 is 0. The number of Topliss-reactive ketones (excluding diaryl/α,β-unsaturated/α-hetero) is 1. The molecule has 3 heterocycles. The van der Waals surface area contributed by atoms with Gasteiger partial charge in [0.05, 0.1) is 25.4 Å². The molecule has 0 aromatic carbocycles. The van der Waals surface area contributed by atoms with E-state index >= 15 is 0 Å². The van der Waals surface area contributed by atoms with Crippen molar-refractivity contribution in [1.29, 1.82) is 0 Å². The number of ketones is 1. The van der Waals surface area contributed by atoms with Crippen LogP contribution in [0.2, 0.25) is 0 Å². The molecule has 0 bridgehead atoms. The highest BCUT2D eigenvalue weighted by atomic mass is 19.1. The predicted molar refractivity (Wildman–Crippen MR) is 104 cm³/mol. The van der Waals surface area contributed by atoms with E-state index in [2.05, 4.69) is 0 Å². The SMILES string of the molecule is COC[C@@H](C)n1c(C)cc(C(=O)Cn2c(=O)c(F)cn([C@H]3CCCO3)c2=O)c1C. The molecule has 0 radical (unpaired) electrons. The van der Waals surface area contributed by atoms with E-state index in [1.165, 1.54) is 0 Å². The molecule has 0 saturated carbocycles. The largest absolute Gasteiger partial charge is 0.383 e. The first-order valence-electron chi connectivity index (χ1n) is 9.59. The zero-order chi connectivity index (χ0) is 21.3. The van der Waals surface area contributed by atoms with Gasteiger partial charge in [-0.1, -0.05) is 0 Å². The number of rotatable bonds is 7. The topological polar surface area (TPSA) is 84.5 Å². The molecular weight excluding hydrogens is 381 g/mol. The van der Waals surface area contributed by atoms with Crippen molar-refractivity contribution < 1.29 is 18.7 Å². The van der Waals surface area contributed by atoms with Crippen LogP contribution >= 0.6 is 0 Å². The lowest BCUT2D eigenvalue weighted by molar-refractivity contribution is 0.0501. The van der Waals surface area contributed by atoms with E-state index in [1.807, 2.05) is 18.4 Å². The average Bonchev–Trinajstić information content (AvgIpc) is 3.30. The number of hydrogen-bond acceptors (Lipinski definition) is 5. The van der Waals surface area contributed by atoms with Crippen LogP contribution in [0.25, 0.3) is 0 Å². The highest BCUT2D eigenvalue weighted by Gasteiger charge is 2.24. The van der Waals surface area contributed by atoms with Gasteiger partial charge in [0, 0.05) is 30.7 Å². The lowest BCUT2D eigenvalue weighted by atomic mass is 10.1. The van der Waals surface area contributed by atoms with Crippen molar-refractivity contribution in [3.05, 3.63) is 55.9 Å². The molecule has 0 N–H and O–H groups in total. The Bertz CT molecular complexity index is 1030. The summed E-state index contributed by atoms with van der Waals surface area (Å²) in [6.07, 6.45) is 1.52. The molecule has 0 aliphatic carbocycles. The first kappa shape index (κ1) is 21.2. The molecule has 1 fully saturated rings. The highest BCUT2D eigenvalue weighted by molar-refractivity contribution is 5.97. The predicted octanol–water partition coefficient (Wildman–Crippen LogP) is 1.97. The quantitative estimate of drug-likeness (QED) is 0.655. The van der Waals surface area contributed by atoms with Crippen LogP contribution in [0.3, 0.4) is 0 Å². The van der Waals surface area contributed by atoms with Crippen LogP contribution in [-0.2, 0) is 16.0 Å². The van der Waals surface area contributed by atoms with Gasteiger partial charge in [-0.25, -0.2) is 9.36 Å². The number of nitrogens with zero attached hydrogens (tertiary/aromatic N) is 3. The summed E-state index contributed by atoms with van der Waals surface area (Å²) in [6.45, 7) is 6.03. The number of ether oxygens (including phenoxy) is 2. The van der Waals surface area contributed by atoms with Crippen molar-refractivity contribution in [2.24, 2.45) is 0 Å². The van der Waals surface area contributed by atoms with Crippen molar-refractivity contribution in [3.8, 4) is 0 Å². The van der Waals surface area contributed by atoms with Crippen molar-refractivity contribution in [2.75, 3.05) is 20.3 Å². The van der Waals surface area contributed by atoms with E-state index in [0.717, 1.165) is 22.9 Å². The number of aryl methyl sites for hydroxylation is 1. The summed E-state index contributed by atoms with van der Waals surface area (Å²) < 4.78 is 28.5. The maximum Gasteiger partial charge on any atom is 0.333 e. The molecule has 8 nitrogen and oxygen atoms in total. The fourth-order valence-electron chi connectivity index (χ4n) is 4.00. The van der Waals surface area contributed by atoms with Crippen LogP contribution in [0.1, 0.15) is 53.8 Å². The summed E-state index contributed by atoms with van der Waals surface area (Å²) in [5, 5.41) is 0. The van der Waals surface area contributed by atoms with Crippen LogP contribution in [0, 0.1) is 19.7 Å². The molecule has 1 saturated heterocycles. The molecule has 0 unspecified atom stereocenters. The first-order chi connectivity index (χ1) is 13.8. The molecule has 9 heteroatoms. The molecular formula is C20H26FN3O5. The Kier molecular flexibility index (Phi) is 6.18. The number of methoxy groups -OCH3 is 1. The minimum atomic E-state index is -1.11. The van der Waals surface area contributed by atoms with Crippen LogP contribution < -0.4 is 11.2 Å². The lowest BCUT2D eigenvalue weighted by Crippen LogP contribution is -2.43. The second kappa shape index (κ2) is 8.46. The fourth-order valence-corrected chi connectivity index (χ4v) is 4.00. The zero-order valence-electron chi connectivity index (χ0n) is 17.1. The Morgan fingerprint density at radius 2 is 2.10 bits per heavy atom. The number of carbonyl (C=O) groups excluding carboxylic acids is 1. The van der Waals surface area contributed by atoms with Gasteiger partial charge < -0.3 is 14.0 Å². The summed E-state index contributed by atoms with van der Waals surface area (Å²) in [5.41, 5.74) is 0.0988. The third-order valence-electron chi connectivity index (χ3n) is 5.30. The van der Waals surface area contributed by atoms with Crippen LogP contribution in [0.4, 0.5) is 4.39 Å². The molecule has 29 heavy (non-hydrogen) atoms. The first-order valence-corrected chi connectivity index (χ1v) is 9.59. The number of hydrogen-bond donors (Lipinski definition) is 0. The van der Waals surface area contributed by atoms with Crippen molar-refractivity contribution in [1.82, 2.24) is 13.7 Å². The Morgan fingerprint density at radius 3 is 2.72 bits per heavy atom. The van der Waals surface area contributed by atoms with Crippen molar-refractivity contribution in [2.45, 2.75) is 52.4 Å². The van der Waals surface area contributed by atoms with E-state index in [1.54, 1.807) is 20.1 Å². The third kappa shape index (κ3) is 3.97. The maximum atomic E-state index is 14.2. The summed E-state index contributed by atoms with van der Waals surface area (Å²) in [6, 6.07) is 1.72. The van der Waals surface area contributed by atoms with Gasteiger partial charge in [0.2, 0.25) is 5.82 Å². The second-order valence-electron chi connectivity index (χ2n) is 7.41. The Morgan fingerprint density at radius 1 is 1.38 bits per heavy atom. The summed E-state index contributed by atoms with van der Waals surface area (Å²) in [5.74, 6) is -1.52. The number of aromatic nitrogens is 3. The molecule has 2 atom stereocenters. The van der Waals surface area contributed by atoms with Gasteiger partial charge in [-0.3, -0.25) is 14.2 Å². The lowest BCUT2D eigenvalue weighted by Gasteiger charge is -2.18. The Labute approximate surface area is 167 Å². The zero-order valence-corrected chi connectivity index (χ0v) is 17.1. The Hall–Kier alpha value is -2.52. The monoisotopic (exact) mass is 407 g/mol. The molecule has 2 aromatic rings. The highest BCUT2D eigenvalue weighted by Crippen LogP contribution is 2.22. The van der Waals surface area contributed by atoms with Gasteiger partial charge in [-0.15, -0.1) is 0 Å². The summed E-state index contributed by atoms with van der Waals surface area (Å²) in [7, 11) is 1.60. The Balaban J connectivity index is 1.97. The van der Waals surface area contributed by atoms with Gasteiger partial charge in [-0.05, 0) is 39.7 Å². The second-order valence-corrected chi connectivity index (χ2v) is 7.41. The standard InChI is InChI=1S/C20H26FN3O5/c1-12-8-15(14(3)24(12)13(2)11-28-4)17(25)10-23-19(26)16(21)9-22(20(23)27)18-6-5-7-29-18/h8-9,13,18H,5-7,10-11H2,1-4H3/t13-,18-/m1/s1. The van der Waals surface area contributed by atoms with E-state index in [-0.39, 0.29) is 6.04 Å². The number of halogens is 1. The molecule has 2 aromatic heterocycles. The molecule has 3 rings (SSSR count). The summed E-state index contributed by atoms with van der Waals surface area (Å²) in [4.78, 5) is 37.9. The number of carbonyl (C=O) groups is 1. The fraction of sp³-hybridized carbons (Fsp3) is 0.550. The molecule has 158 valence electrons. The van der Waals surface area contributed by atoms with E-state index in [9.17, 15) is 18.8 Å². The van der Waals surface area contributed by atoms with Crippen molar-refractivity contribution in [3.63, 3.8) is 0 Å². The normalized spacial score (nSPS) is 17.6. The molecule has 1 aliphatic heterocycles. The molecule has 0 amide bonds. The van der Waals surface area contributed by atoms with Gasteiger partial charge in [0.15, 0.2) is 5.78 Å². The van der Waals surface area contributed by atoms with Gasteiger partial charge in [-0.2, -0.15) is 4.39 Å². The third-order valence-corrected chi connectivity index (χ3v) is 5.30. The van der Waals surface area contributed by atoms with E-state index < -0.39 is 35.6 Å². The minimum absolute atomic E-state index is 0.00943. The van der Waals surface area contributed by atoms with Crippen molar-refractivity contribution >= 4 is 5.78 Å². The molecule has 0 spiro atoms.